The fourth-order valence-corrected chi connectivity index (χ4v) is 0.418. The van der Waals surface area contributed by atoms with Crippen molar-refractivity contribution < 1.29 is 0 Å². The molecule has 1 nitrogen and oxygen atoms in total. The van der Waals surface area contributed by atoms with Crippen LogP contribution < -0.4 is 0 Å². The first-order valence-corrected chi connectivity index (χ1v) is 2.86. The molecule has 0 saturated heterocycles. The summed E-state index contributed by atoms with van der Waals surface area (Å²) in [7, 11) is 0. The summed E-state index contributed by atoms with van der Waals surface area (Å²) in [6.07, 6.45) is 5.02. The van der Waals surface area contributed by atoms with E-state index in [2.05, 4.69) is 31.4 Å². The molecule has 0 bridgehead atoms. The van der Waals surface area contributed by atoms with Crippen LogP contribution in [0.4, 0.5) is 0 Å². The van der Waals surface area contributed by atoms with Crippen LogP contribution in [-0.4, -0.2) is 6.72 Å². The van der Waals surface area contributed by atoms with Crippen molar-refractivity contribution in [1.82, 2.24) is 0 Å². The fraction of sp³-hybridized carbons (Fsp3) is 0. The molecule has 0 saturated carbocycles. The van der Waals surface area contributed by atoms with Gasteiger partial charge in [-0.1, -0.05) is 25.8 Å². The van der Waals surface area contributed by atoms with E-state index < -0.39 is 0 Å². The van der Waals surface area contributed by atoms with Gasteiger partial charge < -0.3 is 0 Å². The van der Waals surface area contributed by atoms with Crippen molar-refractivity contribution in [2.45, 2.75) is 0 Å². The highest BCUT2D eigenvalue weighted by molar-refractivity contribution is 5.38. The summed E-state index contributed by atoms with van der Waals surface area (Å²) in [4.78, 5) is 3.68. The van der Waals surface area contributed by atoms with Gasteiger partial charge in [0, 0.05) is 0 Å². The zero-order valence-electron chi connectivity index (χ0n) is 6.01. The Hall–Kier alpha value is -1.37. The van der Waals surface area contributed by atoms with Crippen molar-refractivity contribution in [3.63, 3.8) is 0 Å². The molecule has 0 rings (SSSR count). The van der Waals surface area contributed by atoms with E-state index in [-0.39, 0.29) is 0 Å². The molecule has 0 aromatic carbocycles. The van der Waals surface area contributed by atoms with Crippen LogP contribution in [0, 0.1) is 0 Å². The molecule has 0 atom stereocenters. The number of nitrogens with zero attached hydrogens (tertiary/aromatic N) is 1. The van der Waals surface area contributed by atoms with Crippen LogP contribution in [0.1, 0.15) is 0 Å². The molecule has 0 heterocycles. The SMILES string of the molecule is C=CC(=C)/C=C(/C=C)N=C. The third-order valence-electron chi connectivity index (χ3n) is 0.987. The van der Waals surface area contributed by atoms with E-state index in [1.807, 2.05) is 0 Å². The molecule has 0 fully saturated rings. The first-order chi connectivity index (χ1) is 4.74. The number of aliphatic imine (C=N–C) groups is 1. The molecule has 0 aromatic heterocycles. The largest absolute Gasteiger partial charge is 0.265 e. The van der Waals surface area contributed by atoms with E-state index in [1.54, 1.807) is 18.2 Å². The van der Waals surface area contributed by atoms with Crippen LogP contribution >= 0.6 is 0 Å². The van der Waals surface area contributed by atoms with Crippen molar-refractivity contribution in [2.75, 3.05) is 0 Å². The summed E-state index contributed by atoms with van der Waals surface area (Å²) in [6.45, 7) is 14.1. The second kappa shape index (κ2) is 4.50. The van der Waals surface area contributed by atoms with Gasteiger partial charge in [-0.3, -0.25) is 4.99 Å². The maximum absolute atomic E-state index is 3.68. The minimum atomic E-state index is 0.713. The lowest BCUT2D eigenvalue weighted by Gasteiger charge is -1.90. The minimum Gasteiger partial charge on any atom is -0.265 e. The van der Waals surface area contributed by atoms with E-state index >= 15 is 0 Å². The minimum absolute atomic E-state index is 0.713. The van der Waals surface area contributed by atoms with Crippen molar-refractivity contribution >= 4 is 6.72 Å². The summed E-state index contributed by atoms with van der Waals surface area (Å²) in [5, 5.41) is 0. The van der Waals surface area contributed by atoms with Gasteiger partial charge in [0.15, 0.2) is 0 Å². The Bertz CT molecular complexity index is 187. The van der Waals surface area contributed by atoms with Crippen molar-refractivity contribution in [3.8, 4) is 0 Å². The maximum atomic E-state index is 3.68. The molecule has 1 heteroatoms. The smallest absolute Gasteiger partial charge is 0.0622 e. The van der Waals surface area contributed by atoms with Gasteiger partial charge >= 0.3 is 0 Å². The Balaban J connectivity index is 4.37. The third-order valence-corrected chi connectivity index (χ3v) is 0.987. The molecule has 52 valence electrons. The molecule has 10 heavy (non-hydrogen) atoms. The average molecular weight is 133 g/mol. The zero-order chi connectivity index (χ0) is 7.98. The summed E-state index contributed by atoms with van der Waals surface area (Å²) >= 11 is 0. The van der Waals surface area contributed by atoms with E-state index in [0.717, 1.165) is 5.57 Å². The van der Waals surface area contributed by atoms with E-state index in [1.165, 1.54) is 0 Å². The van der Waals surface area contributed by atoms with Gasteiger partial charge in [-0.15, -0.1) is 0 Å². The lowest BCUT2D eigenvalue weighted by Crippen LogP contribution is -1.71. The van der Waals surface area contributed by atoms with Gasteiger partial charge in [-0.05, 0) is 24.4 Å². The van der Waals surface area contributed by atoms with Gasteiger partial charge in [0.2, 0.25) is 0 Å². The lowest BCUT2D eigenvalue weighted by atomic mass is 10.2. The number of hydrogen-bond acceptors (Lipinski definition) is 1. The van der Waals surface area contributed by atoms with Crippen LogP contribution in [0.25, 0.3) is 0 Å². The van der Waals surface area contributed by atoms with E-state index in [4.69, 9.17) is 0 Å². The van der Waals surface area contributed by atoms with Crippen LogP contribution in [0.3, 0.4) is 0 Å². The lowest BCUT2D eigenvalue weighted by molar-refractivity contribution is 1.43. The van der Waals surface area contributed by atoms with Gasteiger partial charge in [0.05, 0.1) is 5.70 Å². The Morgan fingerprint density at radius 3 is 2.10 bits per heavy atom. The van der Waals surface area contributed by atoms with Crippen LogP contribution in [0.5, 0.6) is 0 Å². The van der Waals surface area contributed by atoms with Crippen LogP contribution in [-0.2, 0) is 0 Å². The molecule has 0 aliphatic heterocycles. The number of allylic oxidation sites excluding steroid dienone is 4. The molecule has 0 N–H and O–H groups in total. The topological polar surface area (TPSA) is 12.4 Å². The Morgan fingerprint density at radius 2 is 1.80 bits per heavy atom. The Labute approximate surface area is 61.8 Å². The summed E-state index contributed by atoms with van der Waals surface area (Å²) < 4.78 is 0. The highest BCUT2D eigenvalue weighted by Gasteiger charge is 1.83. The molecular weight excluding hydrogens is 122 g/mol. The average Bonchev–Trinajstić information content (AvgIpc) is 1.99. The fourth-order valence-electron chi connectivity index (χ4n) is 0.418. The van der Waals surface area contributed by atoms with E-state index in [9.17, 15) is 0 Å². The normalized spacial score (nSPS) is 10.2. The van der Waals surface area contributed by atoms with Crippen molar-refractivity contribution in [3.05, 3.63) is 49.2 Å². The molecule has 0 aliphatic rings. The first-order valence-electron chi connectivity index (χ1n) is 2.86. The van der Waals surface area contributed by atoms with Gasteiger partial charge in [0.1, 0.15) is 0 Å². The first kappa shape index (κ1) is 8.63. The molecule has 0 aliphatic carbocycles. The van der Waals surface area contributed by atoms with Crippen LogP contribution in [0.2, 0.25) is 0 Å². The molecule has 0 radical (unpaired) electrons. The zero-order valence-corrected chi connectivity index (χ0v) is 6.01. The highest BCUT2D eigenvalue weighted by Crippen LogP contribution is 2.02. The van der Waals surface area contributed by atoms with Crippen LogP contribution in [0.15, 0.2) is 54.2 Å². The summed E-state index contributed by atoms with van der Waals surface area (Å²) in [5.41, 5.74) is 1.52. The molecule has 0 spiro atoms. The Kier molecular flexibility index (Phi) is 3.89. The van der Waals surface area contributed by atoms with E-state index in [0.29, 0.717) is 5.70 Å². The molecule has 0 aromatic rings. The quantitative estimate of drug-likeness (QED) is 0.412. The standard InChI is InChI=1S/C9H11N/c1-5-8(3)7-9(6-2)10-4/h5-7H,1-4H2/b9-7-. The van der Waals surface area contributed by atoms with Crippen molar-refractivity contribution in [2.24, 2.45) is 4.99 Å². The second-order valence-electron chi connectivity index (χ2n) is 1.71. The number of rotatable bonds is 4. The summed E-state index contributed by atoms with van der Waals surface area (Å²) in [6, 6.07) is 0. The number of hydrogen-bond donors (Lipinski definition) is 0. The predicted octanol–water partition coefficient (Wildman–Crippen LogP) is 2.50. The Morgan fingerprint density at radius 1 is 1.20 bits per heavy atom. The molecule has 0 unspecified atom stereocenters. The monoisotopic (exact) mass is 133 g/mol. The van der Waals surface area contributed by atoms with Gasteiger partial charge in [-0.25, -0.2) is 0 Å². The van der Waals surface area contributed by atoms with Crippen molar-refractivity contribution in [1.29, 1.82) is 0 Å². The second-order valence-corrected chi connectivity index (χ2v) is 1.71. The maximum Gasteiger partial charge on any atom is 0.0622 e. The van der Waals surface area contributed by atoms with Gasteiger partial charge in [-0.2, -0.15) is 0 Å². The molecular formula is C9H11N. The molecule has 0 amide bonds. The highest BCUT2D eigenvalue weighted by atomic mass is 14.7. The predicted molar refractivity (Wildman–Crippen MR) is 47.2 cm³/mol. The van der Waals surface area contributed by atoms with Gasteiger partial charge in [0.25, 0.3) is 0 Å². The third kappa shape index (κ3) is 2.82. The summed E-state index contributed by atoms with van der Waals surface area (Å²) in [5.74, 6) is 0.